The van der Waals surface area contributed by atoms with Gasteiger partial charge in [-0.1, -0.05) is 6.92 Å². The molecule has 1 saturated heterocycles. The van der Waals surface area contributed by atoms with E-state index in [4.69, 9.17) is 0 Å². The van der Waals surface area contributed by atoms with Gasteiger partial charge in [-0.2, -0.15) is 0 Å². The molecule has 2 N–H and O–H groups in total. The Kier molecular flexibility index (Phi) is 6.52. The van der Waals surface area contributed by atoms with Gasteiger partial charge in [0.1, 0.15) is 0 Å². The minimum Gasteiger partial charge on any atom is -0.355 e. The van der Waals surface area contributed by atoms with Gasteiger partial charge in [0.25, 0.3) is 0 Å². The fraction of sp³-hybridized carbons (Fsp3) is 0.923. The highest BCUT2D eigenvalue weighted by Crippen LogP contribution is 2.20. The van der Waals surface area contributed by atoms with Crippen LogP contribution in [-0.4, -0.2) is 49.6 Å². The van der Waals surface area contributed by atoms with Crippen molar-refractivity contribution in [2.75, 3.05) is 32.7 Å². The van der Waals surface area contributed by atoms with Crippen LogP contribution in [0.2, 0.25) is 0 Å². The highest BCUT2D eigenvalue weighted by Gasteiger charge is 2.22. The van der Waals surface area contributed by atoms with Gasteiger partial charge in [0, 0.05) is 12.6 Å². The van der Waals surface area contributed by atoms with Crippen LogP contribution in [0.25, 0.3) is 0 Å². The topological polar surface area (TPSA) is 44.4 Å². The summed E-state index contributed by atoms with van der Waals surface area (Å²) in [6.45, 7) is 11.1. The van der Waals surface area contributed by atoms with Crippen molar-refractivity contribution in [1.29, 1.82) is 0 Å². The lowest BCUT2D eigenvalue weighted by molar-refractivity contribution is -0.120. The fourth-order valence-electron chi connectivity index (χ4n) is 2.45. The van der Waals surface area contributed by atoms with Gasteiger partial charge in [0.05, 0.1) is 6.54 Å². The van der Waals surface area contributed by atoms with Crippen molar-refractivity contribution < 1.29 is 4.79 Å². The maximum Gasteiger partial charge on any atom is 0.233 e. The number of likely N-dealkylation sites (tertiary alicyclic amines) is 1. The van der Waals surface area contributed by atoms with Crippen LogP contribution >= 0.6 is 0 Å². The number of hydrogen-bond donors (Lipinski definition) is 2. The lowest BCUT2D eigenvalue weighted by Gasteiger charge is -2.34. The van der Waals surface area contributed by atoms with Gasteiger partial charge < -0.3 is 15.5 Å². The maximum absolute atomic E-state index is 11.3. The molecule has 1 unspecified atom stereocenters. The molecular formula is C13H27N3O. The molecule has 1 atom stereocenters. The molecule has 4 heteroatoms. The number of amides is 1. The van der Waals surface area contributed by atoms with Gasteiger partial charge >= 0.3 is 0 Å². The molecule has 1 heterocycles. The zero-order chi connectivity index (χ0) is 12.7. The van der Waals surface area contributed by atoms with Crippen molar-refractivity contribution in [2.45, 2.75) is 39.7 Å². The third-order valence-corrected chi connectivity index (χ3v) is 3.75. The van der Waals surface area contributed by atoms with Crippen LogP contribution in [-0.2, 0) is 4.79 Å². The van der Waals surface area contributed by atoms with Crippen LogP contribution in [0.1, 0.15) is 33.6 Å². The number of carbonyl (C=O) groups excluding carboxylic acids is 1. The van der Waals surface area contributed by atoms with Gasteiger partial charge in [0.15, 0.2) is 0 Å². The Morgan fingerprint density at radius 3 is 2.53 bits per heavy atom. The summed E-state index contributed by atoms with van der Waals surface area (Å²) < 4.78 is 0. The van der Waals surface area contributed by atoms with E-state index in [1.165, 1.54) is 25.9 Å². The van der Waals surface area contributed by atoms with Crippen molar-refractivity contribution in [1.82, 2.24) is 15.5 Å². The van der Waals surface area contributed by atoms with Crippen molar-refractivity contribution in [3.8, 4) is 0 Å². The Hall–Kier alpha value is -0.610. The van der Waals surface area contributed by atoms with E-state index in [0.717, 1.165) is 6.54 Å². The zero-order valence-electron chi connectivity index (χ0n) is 11.5. The molecule has 17 heavy (non-hydrogen) atoms. The summed E-state index contributed by atoms with van der Waals surface area (Å²) in [7, 11) is 0. The third-order valence-electron chi connectivity index (χ3n) is 3.75. The molecule has 4 nitrogen and oxygen atoms in total. The molecule has 1 fully saturated rings. The fourth-order valence-corrected chi connectivity index (χ4v) is 2.45. The first-order valence-corrected chi connectivity index (χ1v) is 6.89. The van der Waals surface area contributed by atoms with E-state index in [-0.39, 0.29) is 5.91 Å². The lowest BCUT2D eigenvalue weighted by atomic mass is 9.90. The monoisotopic (exact) mass is 241 g/mol. The number of carbonyl (C=O) groups is 1. The molecule has 0 aliphatic carbocycles. The zero-order valence-corrected chi connectivity index (χ0v) is 11.5. The quantitative estimate of drug-likeness (QED) is 0.724. The molecule has 1 rings (SSSR count). The van der Waals surface area contributed by atoms with Gasteiger partial charge in [-0.05, 0) is 52.2 Å². The molecule has 0 spiro atoms. The van der Waals surface area contributed by atoms with Crippen molar-refractivity contribution >= 4 is 5.91 Å². The summed E-state index contributed by atoms with van der Waals surface area (Å²) in [5.41, 5.74) is 0. The number of nitrogens with zero attached hydrogens (tertiary/aromatic N) is 1. The molecule has 1 aliphatic heterocycles. The second-order valence-electron chi connectivity index (χ2n) is 4.89. The third kappa shape index (κ3) is 5.04. The van der Waals surface area contributed by atoms with E-state index in [1.54, 1.807) is 0 Å². The summed E-state index contributed by atoms with van der Waals surface area (Å²) in [5, 5.41) is 6.15. The molecule has 1 aliphatic rings. The highest BCUT2D eigenvalue weighted by atomic mass is 16.1. The Balaban J connectivity index is 2.20. The van der Waals surface area contributed by atoms with Crippen LogP contribution in [0.15, 0.2) is 0 Å². The van der Waals surface area contributed by atoms with Crippen molar-refractivity contribution in [3.63, 3.8) is 0 Å². The summed E-state index contributed by atoms with van der Waals surface area (Å²) in [6.07, 6.45) is 2.49. The van der Waals surface area contributed by atoms with Gasteiger partial charge in [-0.15, -0.1) is 0 Å². The summed E-state index contributed by atoms with van der Waals surface area (Å²) in [4.78, 5) is 13.8. The average Bonchev–Trinajstić information content (AvgIpc) is 2.36. The average molecular weight is 241 g/mol. The standard InChI is InChI=1S/C13H27N3O/c1-4-14-13(17)10-15-11(3)12-6-8-16(5-2)9-7-12/h11-12,15H,4-10H2,1-3H3,(H,14,17). The predicted molar refractivity (Wildman–Crippen MR) is 71.0 cm³/mol. The Morgan fingerprint density at radius 1 is 1.35 bits per heavy atom. The smallest absolute Gasteiger partial charge is 0.233 e. The van der Waals surface area contributed by atoms with E-state index in [1.807, 2.05) is 6.92 Å². The molecule has 0 aromatic heterocycles. The highest BCUT2D eigenvalue weighted by molar-refractivity contribution is 5.77. The largest absolute Gasteiger partial charge is 0.355 e. The predicted octanol–water partition coefficient (Wildman–Crippen LogP) is 0.833. The molecule has 0 aromatic rings. The van der Waals surface area contributed by atoms with Gasteiger partial charge in [-0.3, -0.25) is 4.79 Å². The van der Waals surface area contributed by atoms with E-state index in [2.05, 4.69) is 29.4 Å². The van der Waals surface area contributed by atoms with Crippen LogP contribution in [0.5, 0.6) is 0 Å². The normalized spacial score (nSPS) is 20.2. The van der Waals surface area contributed by atoms with Crippen molar-refractivity contribution in [3.05, 3.63) is 0 Å². The molecule has 1 amide bonds. The number of piperidine rings is 1. The maximum atomic E-state index is 11.3. The first-order chi connectivity index (χ1) is 8.17. The van der Waals surface area contributed by atoms with Crippen LogP contribution < -0.4 is 10.6 Å². The Labute approximate surface area is 105 Å². The minimum absolute atomic E-state index is 0.102. The number of hydrogen-bond acceptors (Lipinski definition) is 3. The number of likely N-dealkylation sites (N-methyl/N-ethyl adjacent to an activating group) is 1. The van der Waals surface area contributed by atoms with E-state index in [0.29, 0.717) is 25.0 Å². The number of nitrogens with one attached hydrogen (secondary N) is 2. The summed E-state index contributed by atoms with van der Waals surface area (Å²) >= 11 is 0. The number of rotatable bonds is 6. The Bertz CT molecular complexity index is 225. The van der Waals surface area contributed by atoms with Gasteiger partial charge in [0.2, 0.25) is 5.91 Å². The molecule has 0 radical (unpaired) electrons. The SMILES string of the molecule is CCNC(=O)CNC(C)C1CCN(CC)CC1. The van der Waals surface area contributed by atoms with E-state index < -0.39 is 0 Å². The molecule has 0 aromatic carbocycles. The lowest BCUT2D eigenvalue weighted by Crippen LogP contribution is -2.45. The summed E-state index contributed by atoms with van der Waals surface area (Å²) in [5.74, 6) is 0.817. The second kappa shape index (κ2) is 7.67. The van der Waals surface area contributed by atoms with Crippen LogP contribution in [0, 0.1) is 5.92 Å². The van der Waals surface area contributed by atoms with Crippen LogP contribution in [0.3, 0.4) is 0 Å². The molecule has 100 valence electrons. The minimum atomic E-state index is 0.102. The Morgan fingerprint density at radius 2 is 2.00 bits per heavy atom. The van der Waals surface area contributed by atoms with E-state index in [9.17, 15) is 4.79 Å². The molecule has 0 bridgehead atoms. The molecule has 0 saturated carbocycles. The van der Waals surface area contributed by atoms with E-state index >= 15 is 0 Å². The van der Waals surface area contributed by atoms with Gasteiger partial charge in [-0.25, -0.2) is 0 Å². The second-order valence-corrected chi connectivity index (χ2v) is 4.89. The first kappa shape index (κ1) is 14.5. The van der Waals surface area contributed by atoms with Crippen molar-refractivity contribution in [2.24, 2.45) is 5.92 Å². The summed E-state index contributed by atoms with van der Waals surface area (Å²) in [6, 6.07) is 0.441. The molecular weight excluding hydrogens is 214 g/mol. The van der Waals surface area contributed by atoms with Crippen LogP contribution in [0.4, 0.5) is 0 Å². The first-order valence-electron chi connectivity index (χ1n) is 6.89.